The van der Waals surface area contributed by atoms with Crippen molar-refractivity contribution in [3.63, 3.8) is 0 Å². The largest absolute Gasteiger partial charge is 0.494 e. The Morgan fingerprint density at radius 2 is 2.13 bits per heavy atom. The van der Waals surface area contributed by atoms with Crippen molar-refractivity contribution in [1.29, 1.82) is 0 Å². The third-order valence-electron chi connectivity index (χ3n) is 1.54. The normalized spacial score (nSPS) is 11.7. The van der Waals surface area contributed by atoms with E-state index in [9.17, 15) is 8.42 Å². The van der Waals surface area contributed by atoms with Gasteiger partial charge in [0.15, 0.2) is 9.96 Å². The van der Waals surface area contributed by atoms with Crippen LogP contribution in [0.2, 0.25) is 0 Å². The van der Waals surface area contributed by atoms with E-state index in [0.29, 0.717) is 5.56 Å². The highest BCUT2D eigenvalue weighted by atomic mass is 35.7. The second-order valence-electron chi connectivity index (χ2n) is 2.45. The molecule has 0 aliphatic rings. The Balaban J connectivity index is 3.06. The number of hydrogen-bond acceptors (Lipinski definition) is 6. The van der Waals surface area contributed by atoms with Crippen LogP contribution in [-0.2, 0) is 25.4 Å². The van der Waals surface area contributed by atoms with Crippen LogP contribution in [0.15, 0.2) is 9.59 Å². The maximum absolute atomic E-state index is 11.1. The molecule has 0 spiro atoms. The minimum Gasteiger partial charge on any atom is -0.494 e. The van der Waals surface area contributed by atoms with Gasteiger partial charge in [0.05, 0.1) is 14.2 Å². The first-order valence-corrected chi connectivity index (χ1v) is 6.94. The van der Waals surface area contributed by atoms with Crippen molar-refractivity contribution < 1.29 is 22.9 Å². The van der Waals surface area contributed by atoms with Crippen LogP contribution in [0.25, 0.3) is 0 Å². The highest BCUT2D eigenvalue weighted by Gasteiger charge is 2.22. The van der Waals surface area contributed by atoms with Crippen molar-refractivity contribution in [2.75, 3.05) is 14.2 Å². The number of rotatable bonds is 5. The molecule has 0 fully saturated rings. The van der Waals surface area contributed by atoms with Crippen LogP contribution < -0.4 is 4.74 Å². The molecule has 0 saturated heterocycles. The molecule has 0 N–H and O–H groups in total. The van der Waals surface area contributed by atoms with Gasteiger partial charge in [-0.25, -0.2) is 18.2 Å². The molecule has 0 atom stereocenters. The van der Waals surface area contributed by atoms with E-state index in [4.69, 9.17) is 15.4 Å². The van der Waals surface area contributed by atoms with E-state index in [1.165, 1.54) is 14.2 Å². The van der Waals surface area contributed by atoms with Gasteiger partial charge in [0, 0.05) is 21.6 Å². The van der Waals surface area contributed by atoms with Crippen molar-refractivity contribution >= 4 is 31.1 Å². The quantitative estimate of drug-likeness (QED) is 0.464. The van der Waals surface area contributed by atoms with Gasteiger partial charge in [-0.15, -0.1) is 11.3 Å². The zero-order chi connectivity index (χ0) is 11.5. The third kappa shape index (κ3) is 3.05. The average molecular weight is 273 g/mol. The predicted octanol–water partition coefficient (Wildman–Crippen LogP) is 1.76. The van der Waals surface area contributed by atoms with Crippen LogP contribution in [0.1, 0.15) is 5.56 Å². The molecule has 1 aromatic rings. The Bertz CT molecular complexity index is 425. The fourth-order valence-electron chi connectivity index (χ4n) is 0.967. The summed E-state index contributed by atoms with van der Waals surface area (Å²) in [6.45, 7) is 0.0998. The van der Waals surface area contributed by atoms with Crippen molar-refractivity contribution in [2.24, 2.45) is 0 Å². The summed E-state index contributed by atoms with van der Waals surface area (Å²) in [5.74, 6) is 0.201. The third-order valence-corrected chi connectivity index (χ3v) is 4.66. The molecule has 0 amide bonds. The highest BCUT2D eigenvalue weighted by molar-refractivity contribution is 8.15. The second kappa shape index (κ2) is 5.13. The number of halogens is 1. The maximum Gasteiger partial charge on any atom is 0.274 e. The number of methoxy groups -OCH3 is 1. The molecule has 86 valence electrons. The molecular formula is C7H9ClO5S2. The van der Waals surface area contributed by atoms with Crippen LogP contribution in [0, 0.1) is 0 Å². The van der Waals surface area contributed by atoms with Crippen LogP contribution in [0.5, 0.6) is 5.75 Å². The molecule has 1 heterocycles. The second-order valence-corrected chi connectivity index (χ2v) is 6.09. The topological polar surface area (TPSA) is 61.8 Å². The summed E-state index contributed by atoms with van der Waals surface area (Å²) < 4.78 is 27.2. The molecule has 0 radical (unpaired) electrons. The first kappa shape index (κ1) is 12.7. The Labute approximate surface area is 95.9 Å². The van der Waals surface area contributed by atoms with Gasteiger partial charge < -0.3 is 4.74 Å². The zero-order valence-corrected chi connectivity index (χ0v) is 10.4. The van der Waals surface area contributed by atoms with E-state index in [-0.39, 0.29) is 16.6 Å². The summed E-state index contributed by atoms with van der Waals surface area (Å²) in [5.41, 5.74) is 0.573. The maximum atomic E-state index is 11.1. The molecule has 0 saturated carbocycles. The van der Waals surface area contributed by atoms with Gasteiger partial charge in [-0.1, -0.05) is 0 Å². The van der Waals surface area contributed by atoms with E-state index in [2.05, 4.69) is 9.78 Å². The molecule has 0 aliphatic heterocycles. The van der Waals surface area contributed by atoms with Crippen molar-refractivity contribution in [1.82, 2.24) is 0 Å². The Morgan fingerprint density at radius 1 is 1.47 bits per heavy atom. The van der Waals surface area contributed by atoms with Gasteiger partial charge in [0.1, 0.15) is 6.61 Å². The summed E-state index contributed by atoms with van der Waals surface area (Å²) in [6.07, 6.45) is 0. The minimum atomic E-state index is -3.78. The van der Waals surface area contributed by atoms with Crippen LogP contribution >= 0.6 is 22.0 Å². The van der Waals surface area contributed by atoms with Gasteiger partial charge in [-0.3, -0.25) is 0 Å². The minimum absolute atomic E-state index is 0.0265. The van der Waals surface area contributed by atoms with Crippen molar-refractivity contribution in [3.05, 3.63) is 10.9 Å². The van der Waals surface area contributed by atoms with E-state index in [1.54, 1.807) is 5.38 Å². The SMILES string of the molecule is COOCc1csc(S(=O)(=O)Cl)c1OC. The van der Waals surface area contributed by atoms with E-state index in [0.717, 1.165) is 11.3 Å². The summed E-state index contributed by atoms with van der Waals surface area (Å²) in [7, 11) is 4.16. The van der Waals surface area contributed by atoms with E-state index < -0.39 is 9.05 Å². The molecule has 5 nitrogen and oxygen atoms in total. The van der Waals surface area contributed by atoms with Crippen LogP contribution in [0.4, 0.5) is 0 Å². The Kier molecular flexibility index (Phi) is 4.35. The number of thiophene rings is 1. The summed E-state index contributed by atoms with van der Waals surface area (Å²) in [5, 5.41) is 1.59. The molecule has 15 heavy (non-hydrogen) atoms. The van der Waals surface area contributed by atoms with Gasteiger partial charge in [0.25, 0.3) is 9.05 Å². The lowest BCUT2D eigenvalue weighted by molar-refractivity contribution is -0.282. The van der Waals surface area contributed by atoms with Gasteiger partial charge in [-0.2, -0.15) is 0 Å². The molecular weight excluding hydrogens is 264 g/mol. The van der Waals surface area contributed by atoms with Crippen LogP contribution in [0.3, 0.4) is 0 Å². The zero-order valence-electron chi connectivity index (χ0n) is 8.02. The van der Waals surface area contributed by atoms with Crippen LogP contribution in [-0.4, -0.2) is 22.6 Å². The Hall–Kier alpha value is -0.340. The fraction of sp³-hybridized carbons (Fsp3) is 0.429. The summed E-state index contributed by atoms with van der Waals surface area (Å²) in [4.78, 5) is 9.08. The van der Waals surface area contributed by atoms with Gasteiger partial charge in [0.2, 0.25) is 0 Å². The average Bonchev–Trinajstić information content (AvgIpc) is 2.56. The van der Waals surface area contributed by atoms with Gasteiger partial charge in [-0.05, 0) is 0 Å². The smallest absolute Gasteiger partial charge is 0.274 e. The molecule has 0 bridgehead atoms. The molecule has 0 unspecified atom stereocenters. The molecule has 8 heteroatoms. The van der Waals surface area contributed by atoms with E-state index >= 15 is 0 Å². The highest BCUT2D eigenvalue weighted by Crippen LogP contribution is 2.36. The lowest BCUT2D eigenvalue weighted by Gasteiger charge is -2.03. The molecule has 0 aliphatic carbocycles. The van der Waals surface area contributed by atoms with Gasteiger partial charge >= 0.3 is 0 Å². The first-order chi connectivity index (χ1) is 7.00. The monoisotopic (exact) mass is 272 g/mol. The predicted molar refractivity (Wildman–Crippen MR) is 55.7 cm³/mol. The summed E-state index contributed by atoms with van der Waals surface area (Å²) in [6, 6.07) is 0. The van der Waals surface area contributed by atoms with Crippen molar-refractivity contribution in [3.8, 4) is 5.75 Å². The lowest BCUT2D eigenvalue weighted by atomic mass is 10.3. The lowest BCUT2D eigenvalue weighted by Crippen LogP contribution is -1.96. The van der Waals surface area contributed by atoms with Crippen molar-refractivity contribution in [2.45, 2.75) is 10.8 Å². The molecule has 1 aromatic heterocycles. The molecule has 0 aromatic carbocycles. The standard InChI is InChI=1S/C7H9ClO5S2/c1-11-6-5(3-13-12-2)4-14-7(6)15(8,9)10/h4H,3H2,1-2H3. The number of ether oxygens (including phenoxy) is 1. The fourth-order valence-corrected chi connectivity index (χ4v) is 3.29. The number of hydrogen-bond donors (Lipinski definition) is 0. The van der Waals surface area contributed by atoms with E-state index in [1.807, 2.05) is 0 Å². The molecule has 1 rings (SSSR count). The summed E-state index contributed by atoms with van der Waals surface area (Å²) >= 11 is 0.978. The Morgan fingerprint density at radius 3 is 2.60 bits per heavy atom. The first-order valence-electron chi connectivity index (χ1n) is 3.75.